The van der Waals surface area contributed by atoms with Crippen LogP contribution < -0.4 is 0 Å². The molecular weight excluding hydrogens is 217 g/mol. The van der Waals surface area contributed by atoms with E-state index in [4.69, 9.17) is 0 Å². The first-order valence-corrected chi connectivity index (χ1v) is 5.83. The Kier molecular flexibility index (Phi) is 3.52. The number of hydrogen-bond acceptors (Lipinski definition) is 2. The molecule has 0 atom stereocenters. The van der Waals surface area contributed by atoms with Crippen molar-refractivity contribution >= 4 is 0 Å². The molecular formula is C13H16FN3. The van der Waals surface area contributed by atoms with Crippen molar-refractivity contribution in [1.29, 1.82) is 0 Å². The van der Waals surface area contributed by atoms with Gasteiger partial charge in [0.15, 0.2) is 0 Å². The summed E-state index contributed by atoms with van der Waals surface area (Å²) < 4.78 is 15.4. The summed E-state index contributed by atoms with van der Waals surface area (Å²) in [6, 6.07) is 5.34. The lowest BCUT2D eigenvalue weighted by Crippen LogP contribution is -1.96. The Labute approximate surface area is 100 Å². The molecule has 90 valence electrons. The van der Waals surface area contributed by atoms with Gasteiger partial charge in [-0.2, -0.15) is 0 Å². The van der Waals surface area contributed by atoms with Crippen LogP contribution in [-0.4, -0.2) is 15.0 Å². The van der Waals surface area contributed by atoms with E-state index in [1.165, 1.54) is 0 Å². The van der Waals surface area contributed by atoms with Crippen LogP contribution in [0.3, 0.4) is 0 Å². The van der Waals surface area contributed by atoms with Gasteiger partial charge in [0.25, 0.3) is 0 Å². The number of halogens is 1. The third-order valence-corrected chi connectivity index (χ3v) is 2.77. The maximum absolute atomic E-state index is 13.6. The molecule has 1 heterocycles. The van der Waals surface area contributed by atoms with Gasteiger partial charge in [-0.1, -0.05) is 17.3 Å². The summed E-state index contributed by atoms with van der Waals surface area (Å²) in [6.45, 7) is 4.71. The van der Waals surface area contributed by atoms with E-state index in [0.29, 0.717) is 6.42 Å². The van der Waals surface area contributed by atoms with Gasteiger partial charge < -0.3 is 0 Å². The highest BCUT2D eigenvalue weighted by Gasteiger charge is 2.05. The van der Waals surface area contributed by atoms with Crippen LogP contribution in [0.15, 0.2) is 24.4 Å². The molecule has 0 aliphatic rings. The number of nitrogens with zero attached hydrogens (tertiary/aromatic N) is 3. The first-order chi connectivity index (χ1) is 8.19. The number of aromatic nitrogens is 3. The molecule has 0 N–H and O–H groups in total. The van der Waals surface area contributed by atoms with Gasteiger partial charge in [0.05, 0.1) is 5.69 Å². The molecule has 0 bridgehead atoms. The average Bonchev–Trinajstić information content (AvgIpc) is 2.76. The molecule has 0 amide bonds. The molecule has 0 unspecified atom stereocenters. The van der Waals surface area contributed by atoms with Gasteiger partial charge in [0, 0.05) is 12.7 Å². The Morgan fingerprint density at radius 2 is 2.12 bits per heavy atom. The molecule has 0 saturated heterocycles. The largest absolute Gasteiger partial charge is 0.253 e. The van der Waals surface area contributed by atoms with Crippen LogP contribution >= 0.6 is 0 Å². The van der Waals surface area contributed by atoms with Crippen LogP contribution in [0.2, 0.25) is 0 Å². The minimum atomic E-state index is -0.132. The van der Waals surface area contributed by atoms with E-state index in [1.54, 1.807) is 10.7 Å². The third kappa shape index (κ3) is 2.90. The van der Waals surface area contributed by atoms with E-state index in [9.17, 15) is 4.39 Å². The van der Waals surface area contributed by atoms with Gasteiger partial charge in [-0.3, -0.25) is 4.68 Å². The third-order valence-electron chi connectivity index (χ3n) is 2.77. The Morgan fingerprint density at radius 1 is 1.29 bits per heavy atom. The van der Waals surface area contributed by atoms with E-state index >= 15 is 0 Å². The lowest BCUT2D eigenvalue weighted by molar-refractivity contribution is 0.606. The highest BCUT2D eigenvalue weighted by molar-refractivity contribution is 5.24. The minimum Gasteiger partial charge on any atom is -0.253 e. The van der Waals surface area contributed by atoms with Gasteiger partial charge in [0.1, 0.15) is 5.82 Å². The predicted octanol–water partition coefficient (Wildman–Crippen LogP) is 2.53. The molecule has 0 aliphatic carbocycles. The Bertz CT molecular complexity index is 505. The van der Waals surface area contributed by atoms with Crippen molar-refractivity contribution in [2.24, 2.45) is 0 Å². The fraction of sp³-hybridized carbons (Fsp3) is 0.385. The molecule has 0 saturated carbocycles. The summed E-state index contributed by atoms with van der Waals surface area (Å²) >= 11 is 0. The van der Waals surface area contributed by atoms with E-state index < -0.39 is 0 Å². The van der Waals surface area contributed by atoms with Crippen molar-refractivity contribution in [3.8, 4) is 0 Å². The van der Waals surface area contributed by atoms with Crippen LogP contribution in [0.1, 0.15) is 23.7 Å². The molecule has 2 aromatic rings. The van der Waals surface area contributed by atoms with Gasteiger partial charge in [-0.15, -0.1) is 5.10 Å². The van der Waals surface area contributed by atoms with Gasteiger partial charge in [0.2, 0.25) is 0 Å². The second-order valence-corrected chi connectivity index (χ2v) is 4.16. The average molecular weight is 233 g/mol. The van der Waals surface area contributed by atoms with E-state index in [2.05, 4.69) is 10.3 Å². The molecule has 4 heteroatoms. The van der Waals surface area contributed by atoms with Crippen LogP contribution in [0.25, 0.3) is 0 Å². The maximum Gasteiger partial charge on any atom is 0.126 e. The van der Waals surface area contributed by atoms with Gasteiger partial charge >= 0.3 is 0 Å². The first kappa shape index (κ1) is 11.8. The van der Waals surface area contributed by atoms with Crippen molar-refractivity contribution in [3.05, 3.63) is 47.0 Å². The molecule has 0 aliphatic heterocycles. The molecule has 1 aromatic heterocycles. The van der Waals surface area contributed by atoms with E-state index in [0.717, 1.165) is 29.8 Å². The smallest absolute Gasteiger partial charge is 0.126 e. The number of benzene rings is 1. The summed E-state index contributed by atoms with van der Waals surface area (Å²) in [4.78, 5) is 0. The molecule has 3 nitrogen and oxygen atoms in total. The van der Waals surface area contributed by atoms with Gasteiger partial charge in [-0.05, 0) is 43.9 Å². The van der Waals surface area contributed by atoms with Crippen LogP contribution in [0.4, 0.5) is 4.39 Å². The topological polar surface area (TPSA) is 30.7 Å². The summed E-state index contributed by atoms with van der Waals surface area (Å²) in [7, 11) is 0. The van der Waals surface area contributed by atoms with Gasteiger partial charge in [-0.25, -0.2) is 4.39 Å². The number of hydrogen-bond donors (Lipinski definition) is 0. The summed E-state index contributed by atoms with van der Waals surface area (Å²) in [5.74, 6) is -0.132. The van der Waals surface area contributed by atoms with Crippen molar-refractivity contribution in [1.82, 2.24) is 15.0 Å². The van der Waals surface area contributed by atoms with Crippen molar-refractivity contribution in [3.63, 3.8) is 0 Å². The highest BCUT2D eigenvalue weighted by atomic mass is 19.1. The minimum absolute atomic E-state index is 0.132. The standard InChI is InChI=1S/C13H16FN3/c1-3-17-9-12(15-16-17)7-6-11-5-4-10(2)8-13(11)14/h4-5,8-9H,3,6-7H2,1-2H3. The number of rotatable bonds is 4. The lowest BCUT2D eigenvalue weighted by Gasteiger charge is -2.02. The second kappa shape index (κ2) is 5.08. The predicted molar refractivity (Wildman–Crippen MR) is 64.2 cm³/mol. The summed E-state index contributed by atoms with van der Waals surface area (Å²) in [6.07, 6.45) is 3.29. The van der Waals surface area contributed by atoms with Crippen LogP contribution in [0.5, 0.6) is 0 Å². The number of aryl methyl sites for hydroxylation is 4. The quantitative estimate of drug-likeness (QED) is 0.812. The maximum atomic E-state index is 13.6. The summed E-state index contributed by atoms with van der Waals surface area (Å²) in [5, 5.41) is 8.00. The molecule has 1 aromatic carbocycles. The van der Waals surface area contributed by atoms with E-state index in [-0.39, 0.29) is 5.82 Å². The first-order valence-electron chi connectivity index (χ1n) is 5.83. The fourth-order valence-electron chi connectivity index (χ4n) is 1.73. The monoisotopic (exact) mass is 233 g/mol. The Morgan fingerprint density at radius 3 is 2.76 bits per heavy atom. The second-order valence-electron chi connectivity index (χ2n) is 4.16. The zero-order valence-electron chi connectivity index (χ0n) is 10.2. The van der Waals surface area contributed by atoms with Crippen LogP contribution in [0, 0.1) is 12.7 Å². The molecule has 2 rings (SSSR count). The zero-order valence-corrected chi connectivity index (χ0v) is 10.2. The Balaban J connectivity index is 2.02. The summed E-state index contributed by atoms with van der Waals surface area (Å²) in [5.41, 5.74) is 2.59. The van der Waals surface area contributed by atoms with Crippen LogP contribution in [-0.2, 0) is 19.4 Å². The fourth-order valence-corrected chi connectivity index (χ4v) is 1.73. The zero-order chi connectivity index (χ0) is 12.3. The normalized spacial score (nSPS) is 10.8. The lowest BCUT2D eigenvalue weighted by atomic mass is 10.1. The highest BCUT2D eigenvalue weighted by Crippen LogP contribution is 2.12. The molecule has 17 heavy (non-hydrogen) atoms. The van der Waals surface area contributed by atoms with Crippen molar-refractivity contribution in [2.45, 2.75) is 33.2 Å². The molecule has 0 fully saturated rings. The van der Waals surface area contributed by atoms with Crippen molar-refractivity contribution < 1.29 is 4.39 Å². The Hall–Kier alpha value is -1.71. The molecule has 0 spiro atoms. The van der Waals surface area contributed by atoms with E-state index in [1.807, 2.05) is 32.2 Å². The van der Waals surface area contributed by atoms with Crippen molar-refractivity contribution in [2.75, 3.05) is 0 Å². The molecule has 0 radical (unpaired) electrons. The SMILES string of the molecule is CCn1cc(CCc2ccc(C)cc2F)nn1.